The molecule has 0 spiro atoms. The van der Waals surface area contributed by atoms with Crippen LogP contribution in [0.15, 0.2) is 67.3 Å². The summed E-state index contributed by atoms with van der Waals surface area (Å²) in [4.78, 5) is 21.3. The second kappa shape index (κ2) is 10.1. The fourth-order valence-electron chi connectivity index (χ4n) is 4.54. The maximum Gasteiger partial charge on any atom is 0.153 e. The summed E-state index contributed by atoms with van der Waals surface area (Å²) in [7, 11) is 5.18. The van der Waals surface area contributed by atoms with Crippen molar-refractivity contribution in [2.45, 2.75) is 32.7 Å². The van der Waals surface area contributed by atoms with Gasteiger partial charge in [0.2, 0.25) is 0 Å². The SMILES string of the molecule is CCc1ccnc(C(C)(C)N(c2cc(OC)cc(OC)c2)c2ccc3ncc(-c4cnn(C)c4)nc3c2)n1. The predicted molar refractivity (Wildman–Crippen MR) is 148 cm³/mol. The van der Waals surface area contributed by atoms with Crippen LogP contribution in [0.3, 0.4) is 0 Å². The van der Waals surface area contributed by atoms with Crippen molar-refractivity contribution in [3.63, 3.8) is 0 Å². The number of aromatic nitrogens is 6. The summed E-state index contributed by atoms with van der Waals surface area (Å²) >= 11 is 0. The Bertz CT molecular complexity index is 1570. The first-order valence-corrected chi connectivity index (χ1v) is 12.4. The highest BCUT2D eigenvalue weighted by Crippen LogP contribution is 2.42. The Balaban J connectivity index is 1.71. The molecule has 0 N–H and O–H groups in total. The number of rotatable bonds is 8. The third kappa shape index (κ3) is 4.74. The highest BCUT2D eigenvalue weighted by atomic mass is 16.5. The molecule has 9 heteroatoms. The molecule has 9 nitrogen and oxygen atoms in total. The third-order valence-electron chi connectivity index (χ3n) is 6.56. The lowest BCUT2D eigenvalue weighted by Crippen LogP contribution is -2.40. The molecule has 194 valence electrons. The first kappa shape index (κ1) is 25.1. The Kier molecular flexibility index (Phi) is 6.67. The molecule has 3 heterocycles. The van der Waals surface area contributed by atoms with Crippen LogP contribution >= 0.6 is 0 Å². The molecule has 0 aliphatic carbocycles. The average Bonchev–Trinajstić information content (AvgIpc) is 3.38. The van der Waals surface area contributed by atoms with Crippen molar-refractivity contribution in [3.8, 4) is 22.8 Å². The molecule has 5 rings (SSSR count). The van der Waals surface area contributed by atoms with E-state index in [0.29, 0.717) is 17.3 Å². The Morgan fingerprint density at radius 3 is 2.29 bits per heavy atom. The molecule has 0 bridgehead atoms. The van der Waals surface area contributed by atoms with E-state index in [1.54, 1.807) is 31.3 Å². The van der Waals surface area contributed by atoms with E-state index in [4.69, 9.17) is 19.4 Å². The molecule has 0 amide bonds. The second-order valence-corrected chi connectivity index (χ2v) is 9.52. The molecule has 0 fully saturated rings. The van der Waals surface area contributed by atoms with Crippen molar-refractivity contribution >= 4 is 22.4 Å². The molecule has 0 saturated carbocycles. The molecule has 0 aliphatic rings. The quantitative estimate of drug-likeness (QED) is 0.272. The summed E-state index contributed by atoms with van der Waals surface area (Å²) in [5.74, 6) is 2.07. The number of benzene rings is 2. The fourth-order valence-corrected chi connectivity index (χ4v) is 4.54. The van der Waals surface area contributed by atoms with E-state index in [0.717, 1.165) is 45.8 Å². The minimum absolute atomic E-state index is 0.648. The lowest BCUT2D eigenvalue weighted by molar-refractivity contribution is 0.393. The van der Waals surface area contributed by atoms with Gasteiger partial charge in [-0.05, 0) is 44.5 Å². The number of ether oxygens (including phenoxy) is 2. The van der Waals surface area contributed by atoms with Gasteiger partial charge in [0.15, 0.2) is 5.82 Å². The summed E-state index contributed by atoms with van der Waals surface area (Å²) in [5, 5.41) is 4.27. The zero-order valence-electron chi connectivity index (χ0n) is 22.5. The first-order valence-electron chi connectivity index (χ1n) is 12.4. The van der Waals surface area contributed by atoms with Crippen LogP contribution in [0.25, 0.3) is 22.3 Å². The number of hydrogen-bond donors (Lipinski definition) is 0. The molecule has 5 aromatic rings. The number of hydrogen-bond acceptors (Lipinski definition) is 8. The lowest BCUT2D eigenvalue weighted by Gasteiger charge is -2.39. The summed E-state index contributed by atoms with van der Waals surface area (Å²) in [6.07, 6.45) is 8.13. The summed E-state index contributed by atoms with van der Waals surface area (Å²) in [6, 6.07) is 13.8. The van der Waals surface area contributed by atoms with E-state index < -0.39 is 5.54 Å². The van der Waals surface area contributed by atoms with Crippen LogP contribution in [0.1, 0.15) is 32.3 Å². The van der Waals surface area contributed by atoms with Gasteiger partial charge in [-0.1, -0.05) is 6.92 Å². The van der Waals surface area contributed by atoms with E-state index in [2.05, 4.69) is 40.7 Å². The molecular weight excluding hydrogens is 478 g/mol. The van der Waals surface area contributed by atoms with Gasteiger partial charge in [-0.15, -0.1) is 0 Å². The number of anilines is 2. The lowest BCUT2D eigenvalue weighted by atomic mass is 9.98. The van der Waals surface area contributed by atoms with Crippen molar-refractivity contribution in [1.29, 1.82) is 0 Å². The van der Waals surface area contributed by atoms with Crippen LogP contribution in [0.5, 0.6) is 11.5 Å². The van der Waals surface area contributed by atoms with Crippen molar-refractivity contribution in [2.24, 2.45) is 7.05 Å². The van der Waals surface area contributed by atoms with Crippen molar-refractivity contribution in [1.82, 2.24) is 29.7 Å². The molecule has 38 heavy (non-hydrogen) atoms. The highest BCUT2D eigenvalue weighted by Gasteiger charge is 2.34. The minimum atomic E-state index is -0.648. The van der Waals surface area contributed by atoms with Gasteiger partial charge in [-0.2, -0.15) is 5.10 Å². The monoisotopic (exact) mass is 509 g/mol. The Morgan fingerprint density at radius 1 is 0.868 bits per heavy atom. The zero-order valence-corrected chi connectivity index (χ0v) is 22.5. The van der Waals surface area contributed by atoms with E-state index in [1.807, 2.05) is 61.9 Å². The van der Waals surface area contributed by atoms with Gasteiger partial charge in [0.1, 0.15) is 11.5 Å². The number of fused-ring (bicyclic) bond motifs is 1. The van der Waals surface area contributed by atoms with Crippen LogP contribution in [0.4, 0.5) is 11.4 Å². The summed E-state index contributed by atoms with van der Waals surface area (Å²) in [5.41, 5.74) is 5.34. The van der Waals surface area contributed by atoms with Gasteiger partial charge in [-0.3, -0.25) is 9.67 Å². The van der Waals surface area contributed by atoms with Gasteiger partial charge in [0, 0.05) is 60.3 Å². The van der Waals surface area contributed by atoms with Crippen LogP contribution in [0, 0.1) is 0 Å². The molecule has 0 saturated heterocycles. The first-order chi connectivity index (χ1) is 18.3. The molecular formula is C29H31N7O2. The van der Waals surface area contributed by atoms with Crippen molar-refractivity contribution in [2.75, 3.05) is 19.1 Å². The summed E-state index contributed by atoms with van der Waals surface area (Å²) in [6.45, 7) is 6.30. The molecule has 0 atom stereocenters. The van der Waals surface area contributed by atoms with Crippen LogP contribution in [0.2, 0.25) is 0 Å². The normalized spacial score (nSPS) is 11.5. The maximum atomic E-state index is 5.61. The predicted octanol–water partition coefficient (Wildman–Crippen LogP) is 5.47. The minimum Gasteiger partial charge on any atom is -0.497 e. The van der Waals surface area contributed by atoms with Gasteiger partial charge >= 0.3 is 0 Å². The number of nitrogens with zero attached hydrogens (tertiary/aromatic N) is 7. The highest BCUT2D eigenvalue weighted by molar-refractivity contribution is 5.83. The Labute approximate surface area is 222 Å². The molecule has 2 aromatic carbocycles. The average molecular weight is 510 g/mol. The molecule has 3 aromatic heterocycles. The maximum absolute atomic E-state index is 5.61. The number of aryl methyl sites for hydroxylation is 2. The summed E-state index contributed by atoms with van der Waals surface area (Å²) < 4.78 is 13.0. The van der Waals surface area contributed by atoms with E-state index in [9.17, 15) is 0 Å². The molecule has 0 unspecified atom stereocenters. The standard InChI is InChI=1S/C29H31N7O2/c1-7-20-10-11-30-28(33-20)29(2,3)36(22-12-23(37-5)15-24(13-22)38-6)21-8-9-25-26(14-21)34-27(17-31-25)19-16-32-35(4)18-19/h8-18H,7H2,1-6H3. The van der Waals surface area contributed by atoms with Gasteiger partial charge < -0.3 is 14.4 Å². The van der Waals surface area contributed by atoms with E-state index in [-0.39, 0.29) is 0 Å². The van der Waals surface area contributed by atoms with Crippen LogP contribution in [-0.2, 0) is 19.0 Å². The fraction of sp³-hybridized carbons (Fsp3) is 0.276. The van der Waals surface area contributed by atoms with Crippen molar-refractivity contribution < 1.29 is 9.47 Å². The van der Waals surface area contributed by atoms with Gasteiger partial charge in [-0.25, -0.2) is 15.0 Å². The van der Waals surface area contributed by atoms with Crippen LogP contribution in [-0.4, -0.2) is 43.9 Å². The Morgan fingerprint density at radius 2 is 1.63 bits per heavy atom. The van der Waals surface area contributed by atoms with Gasteiger partial charge in [0.05, 0.1) is 48.9 Å². The van der Waals surface area contributed by atoms with Gasteiger partial charge in [0.25, 0.3) is 0 Å². The van der Waals surface area contributed by atoms with Crippen LogP contribution < -0.4 is 14.4 Å². The van der Waals surface area contributed by atoms with E-state index in [1.165, 1.54) is 0 Å². The Hall–Kier alpha value is -4.53. The largest absolute Gasteiger partial charge is 0.497 e. The molecule has 0 aliphatic heterocycles. The third-order valence-corrected chi connectivity index (χ3v) is 6.56. The molecule has 0 radical (unpaired) electrons. The number of methoxy groups -OCH3 is 2. The topological polar surface area (TPSA) is 91.1 Å². The van der Waals surface area contributed by atoms with E-state index >= 15 is 0 Å². The second-order valence-electron chi connectivity index (χ2n) is 9.52. The van der Waals surface area contributed by atoms with Crippen molar-refractivity contribution in [3.05, 3.63) is 78.8 Å². The smallest absolute Gasteiger partial charge is 0.153 e. The zero-order chi connectivity index (χ0) is 26.9.